The minimum absolute atomic E-state index is 0.0930. The van der Waals surface area contributed by atoms with Crippen LogP contribution >= 0.6 is 0 Å². The number of ether oxygens (including phenoxy) is 3. The normalized spacial score (nSPS) is 15.8. The number of nitrogens with one attached hydrogen (secondary N) is 2. The lowest BCUT2D eigenvalue weighted by atomic mass is 10.0. The Bertz CT molecular complexity index is 982. The van der Waals surface area contributed by atoms with Crippen molar-refractivity contribution in [3.05, 3.63) is 59.2 Å². The fourth-order valence-electron chi connectivity index (χ4n) is 2.96. The van der Waals surface area contributed by atoms with Crippen molar-refractivity contribution in [1.29, 1.82) is 0 Å². The maximum atomic E-state index is 12.6. The molecule has 158 valence electrons. The molecule has 0 saturated carbocycles. The van der Waals surface area contributed by atoms with Gasteiger partial charge in [-0.1, -0.05) is 0 Å². The minimum atomic E-state index is -0.863. The number of furan rings is 1. The first-order chi connectivity index (χ1) is 14.4. The van der Waals surface area contributed by atoms with Crippen LogP contribution in [0.1, 0.15) is 29.1 Å². The molecule has 0 aliphatic carbocycles. The summed E-state index contributed by atoms with van der Waals surface area (Å²) >= 11 is 0. The third-order valence-electron chi connectivity index (χ3n) is 4.30. The summed E-state index contributed by atoms with van der Waals surface area (Å²) in [5.41, 5.74) is 5.81. The third-order valence-corrected chi connectivity index (χ3v) is 4.30. The smallest absolute Gasteiger partial charge is 0.338 e. The number of rotatable bonds is 8. The summed E-state index contributed by atoms with van der Waals surface area (Å²) < 4.78 is 21.3. The van der Waals surface area contributed by atoms with Crippen LogP contribution in [-0.2, 0) is 9.53 Å². The first-order valence-electron chi connectivity index (χ1n) is 9.06. The van der Waals surface area contributed by atoms with Crippen molar-refractivity contribution in [2.24, 2.45) is 5.73 Å². The SMILES string of the molecule is CCOC(=O)C1=C(COc2ccc(OC)cc2C(N)=O)NC(=O)NC1c1ccco1. The van der Waals surface area contributed by atoms with E-state index in [0.717, 1.165) is 0 Å². The van der Waals surface area contributed by atoms with Gasteiger partial charge in [-0.2, -0.15) is 0 Å². The Labute approximate surface area is 172 Å². The second-order valence-corrected chi connectivity index (χ2v) is 6.17. The molecule has 10 nitrogen and oxygen atoms in total. The molecule has 2 aromatic rings. The van der Waals surface area contributed by atoms with E-state index in [-0.39, 0.29) is 35.8 Å². The zero-order valence-electron chi connectivity index (χ0n) is 16.4. The van der Waals surface area contributed by atoms with Gasteiger partial charge in [0, 0.05) is 0 Å². The van der Waals surface area contributed by atoms with Gasteiger partial charge >= 0.3 is 12.0 Å². The summed E-state index contributed by atoms with van der Waals surface area (Å²) in [6.07, 6.45) is 1.43. The highest BCUT2D eigenvalue weighted by Gasteiger charge is 2.35. The predicted molar refractivity (Wildman–Crippen MR) is 104 cm³/mol. The van der Waals surface area contributed by atoms with Crippen molar-refractivity contribution in [3.8, 4) is 11.5 Å². The van der Waals surface area contributed by atoms with Gasteiger partial charge < -0.3 is 35.0 Å². The Kier molecular flexibility index (Phi) is 6.26. The molecule has 1 aromatic heterocycles. The highest BCUT2D eigenvalue weighted by molar-refractivity contribution is 5.96. The molecule has 1 aliphatic heterocycles. The minimum Gasteiger partial charge on any atom is -0.497 e. The summed E-state index contributed by atoms with van der Waals surface area (Å²) in [6, 6.07) is 6.39. The number of primary amides is 1. The topological polar surface area (TPSA) is 142 Å². The standard InChI is InChI=1S/C20H21N3O7/c1-3-28-19(25)16-13(22-20(26)23-17(16)15-5-4-8-29-15)10-30-14-7-6-11(27-2)9-12(14)18(21)24/h4-9,17H,3,10H2,1-2H3,(H2,21,24)(H2,22,23,26). The molecule has 0 saturated heterocycles. The molecule has 10 heteroatoms. The average molecular weight is 415 g/mol. The Morgan fingerprint density at radius 3 is 2.70 bits per heavy atom. The fraction of sp³-hybridized carbons (Fsp3) is 0.250. The number of methoxy groups -OCH3 is 1. The van der Waals surface area contributed by atoms with Crippen LogP contribution in [0.25, 0.3) is 0 Å². The Morgan fingerprint density at radius 2 is 2.07 bits per heavy atom. The lowest BCUT2D eigenvalue weighted by Crippen LogP contribution is -2.47. The van der Waals surface area contributed by atoms with Crippen LogP contribution in [0.15, 0.2) is 52.3 Å². The van der Waals surface area contributed by atoms with Crippen molar-refractivity contribution in [1.82, 2.24) is 10.6 Å². The number of urea groups is 1. The van der Waals surface area contributed by atoms with E-state index in [0.29, 0.717) is 11.5 Å². The van der Waals surface area contributed by atoms with Gasteiger partial charge in [0.2, 0.25) is 0 Å². The van der Waals surface area contributed by atoms with Gasteiger partial charge in [-0.25, -0.2) is 9.59 Å². The van der Waals surface area contributed by atoms with Gasteiger partial charge in [0.1, 0.15) is 29.9 Å². The van der Waals surface area contributed by atoms with E-state index in [2.05, 4.69) is 10.6 Å². The van der Waals surface area contributed by atoms with Crippen molar-refractivity contribution in [2.45, 2.75) is 13.0 Å². The van der Waals surface area contributed by atoms with E-state index < -0.39 is 23.9 Å². The van der Waals surface area contributed by atoms with E-state index in [1.807, 2.05) is 0 Å². The Morgan fingerprint density at radius 1 is 1.27 bits per heavy atom. The highest BCUT2D eigenvalue weighted by atomic mass is 16.5. The molecule has 2 heterocycles. The lowest BCUT2D eigenvalue weighted by Gasteiger charge is -2.28. The average Bonchev–Trinajstić information content (AvgIpc) is 3.26. The van der Waals surface area contributed by atoms with Crippen LogP contribution in [-0.4, -0.2) is 38.2 Å². The summed E-state index contributed by atoms with van der Waals surface area (Å²) in [5, 5.41) is 5.19. The first-order valence-corrected chi connectivity index (χ1v) is 9.06. The lowest BCUT2D eigenvalue weighted by molar-refractivity contribution is -0.139. The van der Waals surface area contributed by atoms with E-state index in [9.17, 15) is 14.4 Å². The van der Waals surface area contributed by atoms with Crippen LogP contribution in [0.4, 0.5) is 4.79 Å². The molecule has 1 aromatic carbocycles. The molecule has 4 N–H and O–H groups in total. The predicted octanol–water partition coefficient (Wildman–Crippen LogP) is 1.64. The Hall–Kier alpha value is -3.95. The van der Waals surface area contributed by atoms with Crippen LogP contribution in [0.5, 0.6) is 11.5 Å². The molecule has 30 heavy (non-hydrogen) atoms. The number of hydrogen-bond acceptors (Lipinski definition) is 7. The molecule has 3 amide bonds. The first kappa shape index (κ1) is 20.8. The van der Waals surface area contributed by atoms with E-state index in [1.165, 1.54) is 25.5 Å². The molecule has 0 spiro atoms. The van der Waals surface area contributed by atoms with Gasteiger partial charge in [0.15, 0.2) is 0 Å². The molecule has 0 radical (unpaired) electrons. The van der Waals surface area contributed by atoms with Gasteiger partial charge in [-0.15, -0.1) is 0 Å². The summed E-state index contributed by atoms with van der Waals surface area (Å²) in [5.74, 6) is -0.411. The van der Waals surface area contributed by atoms with Crippen LogP contribution < -0.4 is 25.8 Å². The number of carbonyl (C=O) groups is 3. The maximum Gasteiger partial charge on any atom is 0.338 e. The molecule has 1 aliphatic rings. The van der Waals surface area contributed by atoms with Crippen LogP contribution in [0.2, 0.25) is 0 Å². The molecular formula is C20H21N3O7. The number of esters is 1. The van der Waals surface area contributed by atoms with Crippen LogP contribution in [0, 0.1) is 0 Å². The zero-order valence-corrected chi connectivity index (χ0v) is 16.4. The van der Waals surface area contributed by atoms with Gasteiger partial charge in [-0.05, 0) is 37.3 Å². The van der Waals surface area contributed by atoms with E-state index in [4.69, 9.17) is 24.4 Å². The molecular weight excluding hydrogens is 394 g/mol. The quantitative estimate of drug-likeness (QED) is 0.556. The van der Waals surface area contributed by atoms with Gasteiger partial charge in [0.05, 0.1) is 36.8 Å². The zero-order chi connectivity index (χ0) is 21.7. The summed E-state index contributed by atoms with van der Waals surface area (Å²) in [6.45, 7) is 1.58. The van der Waals surface area contributed by atoms with Gasteiger partial charge in [0.25, 0.3) is 5.91 Å². The number of amides is 3. The monoisotopic (exact) mass is 415 g/mol. The highest BCUT2D eigenvalue weighted by Crippen LogP contribution is 2.29. The van der Waals surface area contributed by atoms with Crippen molar-refractivity contribution in [2.75, 3.05) is 20.3 Å². The molecule has 3 rings (SSSR count). The Balaban J connectivity index is 1.96. The van der Waals surface area contributed by atoms with Gasteiger partial charge in [-0.3, -0.25) is 4.79 Å². The van der Waals surface area contributed by atoms with Crippen LogP contribution in [0.3, 0.4) is 0 Å². The summed E-state index contributed by atoms with van der Waals surface area (Å²) in [4.78, 5) is 36.6. The van der Waals surface area contributed by atoms with Crippen molar-refractivity contribution >= 4 is 17.9 Å². The fourth-order valence-corrected chi connectivity index (χ4v) is 2.96. The van der Waals surface area contributed by atoms with E-state index in [1.54, 1.807) is 25.1 Å². The molecule has 0 bridgehead atoms. The van der Waals surface area contributed by atoms with Crippen molar-refractivity contribution < 1.29 is 33.0 Å². The molecule has 1 unspecified atom stereocenters. The maximum absolute atomic E-state index is 12.6. The summed E-state index contributed by atoms with van der Waals surface area (Å²) in [7, 11) is 1.45. The number of benzene rings is 1. The third kappa shape index (κ3) is 4.37. The second kappa shape index (κ2) is 9.03. The number of nitrogens with two attached hydrogens (primary N) is 1. The molecule has 0 fully saturated rings. The van der Waals surface area contributed by atoms with E-state index >= 15 is 0 Å². The molecule has 1 atom stereocenters. The number of hydrogen-bond donors (Lipinski definition) is 3. The second-order valence-electron chi connectivity index (χ2n) is 6.17. The number of carbonyl (C=O) groups excluding carboxylic acids is 3. The van der Waals surface area contributed by atoms with Crippen molar-refractivity contribution in [3.63, 3.8) is 0 Å². The largest absolute Gasteiger partial charge is 0.497 e.